The van der Waals surface area contributed by atoms with E-state index in [4.69, 9.17) is 12.2 Å². The van der Waals surface area contributed by atoms with Gasteiger partial charge in [0.15, 0.2) is 5.11 Å². The summed E-state index contributed by atoms with van der Waals surface area (Å²) in [6.45, 7) is 0.0955. The van der Waals surface area contributed by atoms with Crippen LogP contribution in [0.2, 0.25) is 0 Å². The van der Waals surface area contributed by atoms with Gasteiger partial charge >= 0.3 is 0 Å². The van der Waals surface area contributed by atoms with Gasteiger partial charge in [0.2, 0.25) is 0 Å². The number of hydrogen-bond acceptors (Lipinski definition) is 4. The third kappa shape index (κ3) is 4.18. The van der Waals surface area contributed by atoms with Crippen LogP contribution in [0.5, 0.6) is 0 Å². The maximum absolute atomic E-state index is 13.0. The van der Waals surface area contributed by atoms with E-state index in [0.29, 0.717) is 5.69 Å². The summed E-state index contributed by atoms with van der Waals surface area (Å²) in [5.74, 6) is -0.386. The van der Waals surface area contributed by atoms with Gasteiger partial charge in [0, 0.05) is 18.0 Å². The lowest BCUT2D eigenvalue weighted by molar-refractivity contribution is -0.385. The summed E-state index contributed by atoms with van der Waals surface area (Å²) in [7, 11) is 0. The Morgan fingerprint density at radius 3 is 2.90 bits per heavy atom. The Bertz CT molecular complexity index is 681. The van der Waals surface area contributed by atoms with E-state index in [9.17, 15) is 14.5 Å². The summed E-state index contributed by atoms with van der Waals surface area (Å²) in [4.78, 5) is 14.3. The van der Waals surface area contributed by atoms with Crippen LogP contribution in [0.3, 0.4) is 0 Å². The molecular weight excluding hydrogens is 295 g/mol. The maximum Gasteiger partial charge on any atom is 0.292 e. The molecule has 2 rings (SSSR count). The van der Waals surface area contributed by atoms with Gasteiger partial charge in [-0.2, -0.15) is 0 Å². The first-order valence-electron chi connectivity index (χ1n) is 5.95. The largest absolute Gasteiger partial charge is 0.357 e. The second kappa shape index (κ2) is 6.71. The van der Waals surface area contributed by atoms with Crippen LogP contribution in [0.1, 0.15) is 5.69 Å². The lowest BCUT2D eigenvalue weighted by atomic mass is 10.3. The summed E-state index contributed by atoms with van der Waals surface area (Å²) in [6, 6.07) is 8.66. The highest BCUT2D eigenvalue weighted by molar-refractivity contribution is 7.80. The van der Waals surface area contributed by atoms with E-state index < -0.39 is 4.92 Å². The minimum atomic E-state index is -0.507. The van der Waals surface area contributed by atoms with Gasteiger partial charge in [0.05, 0.1) is 11.5 Å². The zero-order valence-corrected chi connectivity index (χ0v) is 11.6. The smallest absolute Gasteiger partial charge is 0.292 e. The monoisotopic (exact) mass is 306 g/mol. The number of halogens is 1. The number of pyridine rings is 1. The van der Waals surface area contributed by atoms with Gasteiger partial charge in [-0.05, 0) is 36.5 Å². The van der Waals surface area contributed by atoms with Crippen LogP contribution in [0.4, 0.5) is 15.8 Å². The fourth-order valence-corrected chi connectivity index (χ4v) is 1.83. The molecule has 0 saturated carbocycles. The predicted molar refractivity (Wildman–Crippen MR) is 80.4 cm³/mol. The van der Waals surface area contributed by atoms with Crippen LogP contribution in [0.15, 0.2) is 42.6 Å². The number of hydrogen-bond donors (Lipinski definition) is 2. The quantitative estimate of drug-likeness (QED) is 0.513. The highest BCUT2D eigenvalue weighted by atomic mass is 32.1. The van der Waals surface area contributed by atoms with Crippen LogP contribution in [-0.4, -0.2) is 15.0 Å². The lowest BCUT2D eigenvalue weighted by Gasteiger charge is -2.10. The fourth-order valence-electron chi connectivity index (χ4n) is 1.64. The first-order valence-corrected chi connectivity index (χ1v) is 6.36. The van der Waals surface area contributed by atoms with E-state index >= 15 is 0 Å². The van der Waals surface area contributed by atoms with Crippen molar-refractivity contribution in [2.45, 2.75) is 6.54 Å². The molecule has 1 aromatic heterocycles. The number of nitrogens with one attached hydrogen (secondary N) is 2. The summed E-state index contributed by atoms with van der Waals surface area (Å²) in [5.41, 5.74) is 0.674. The van der Waals surface area contributed by atoms with E-state index in [2.05, 4.69) is 15.6 Å². The van der Waals surface area contributed by atoms with Crippen LogP contribution < -0.4 is 10.6 Å². The zero-order valence-electron chi connectivity index (χ0n) is 10.7. The van der Waals surface area contributed by atoms with E-state index in [0.717, 1.165) is 0 Å². The average Bonchev–Trinajstić information content (AvgIpc) is 2.45. The normalized spacial score (nSPS) is 9.95. The first kappa shape index (κ1) is 14.8. The third-order valence-electron chi connectivity index (χ3n) is 2.56. The Morgan fingerprint density at radius 1 is 1.38 bits per heavy atom. The first-order chi connectivity index (χ1) is 10.1. The van der Waals surface area contributed by atoms with Gasteiger partial charge in [0.25, 0.3) is 5.69 Å². The fraction of sp³-hybridized carbons (Fsp3) is 0.0769. The Balaban J connectivity index is 1.97. The second-order valence-corrected chi connectivity index (χ2v) is 4.45. The SMILES string of the molecule is O=[N+]([O-])c1cccnc1CNC(=S)Nc1cccc(F)c1. The summed E-state index contributed by atoms with van der Waals surface area (Å²) in [6.07, 6.45) is 1.47. The van der Waals surface area contributed by atoms with Gasteiger partial charge in [0.1, 0.15) is 11.5 Å². The molecule has 0 amide bonds. The number of nitrogens with zero attached hydrogens (tertiary/aromatic N) is 2. The van der Waals surface area contributed by atoms with Crippen LogP contribution in [0, 0.1) is 15.9 Å². The minimum absolute atomic E-state index is 0.0847. The van der Waals surface area contributed by atoms with Gasteiger partial charge in [-0.1, -0.05) is 6.07 Å². The van der Waals surface area contributed by atoms with Crippen molar-refractivity contribution in [1.82, 2.24) is 10.3 Å². The minimum Gasteiger partial charge on any atom is -0.357 e. The number of benzene rings is 1. The molecule has 2 N–H and O–H groups in total. The van der Waals surface area contributed by atoms with Crippen molar-refractivity contribution >= 4 is 28.7 Å². The van der Waals surface area contributed by atoms with Gasteiger partial charge in [-0.3, -0.25) is 15.1 Å². The van der Waals surface area contributed by atoms with E-state index in [1.165, 1.54) is 30.5 Å². The molecule has 21 heavy (non-hydrogen) atoms. The molecule has 0 spiro atoms. The van der Waals surface area contributed by atoms with Crippen molar-refractivity contribution in [3.63, 3.8) is 0 Å². The lowest BCUT2D eigenvalue weighted by Crippen LogP contribution is -2.28. The molecule has 0 bridgehead atoms. The van der Waals surface area contributed by atoms with Crippen molar-refractivity contribution in [2.24, 2.45) is 0 Å². The third-order valence-corrected chi connectivity index (χ3v) is 2.81. The highest BCUT2D eigenvalue weighted by Crippen LogP contribution is 2.14. The van der Waals surface area contributed by atoms with E-state index in [-0.39, 0.29) is 28.9 Å². The second-order valence-electron chi connectivity index (χ2n) is 4.04. The topological polar surface area (TPSA) is 80.1 Å². The molecule has 0 radical (unpaired) electrons. The Hall–Kier alpha value is -2.61. The van der Waals surface area contributed by atoms with Crippen LogP contribution >= 0.6 is 12.2 Å². The van der Waals surface area contributed by atoms with Gasteiger partial charge in [-0.25, -0.2) is 4.39 Å². The maximum atomic E-state index is 13.0. The molecule has 0 atom stereocenters. The van der Waals surface area contributed by atoms with E-state index in [1.807, 2.05) is 0 Å². The molecule has 108 valence electrons. The number of thiocarbonyl (C=S) groups is 1. The van der Waals surface area contributed by atoms with Crippen molar-refractivity contribution in [1.29, 1.82) is 0 Å². The molecule has 1 aromatic carbocycles. The number of nitro groups is 1. The molecular formula is C13H11FN4O2S. The Labute approximate surface area is 125 Å². The Kier molecular flexibility index (Phi) is 4.72. The molecule has 0 unspecified atom stereocenters. The molecule has 6 nitrogen and oxygen atoms in total. The Morgan fingerprint density at radius 2 is 2.19 bits per heavy atom. The number of rotatable bonds is 4. The van der Waals surface area contributed by atoms with Crippen molar-refractivity contribution in [3.8, 4) is 0 Å². The molecule has 8 heteroatoms. The zero-order chi connectivity index (χ0) is 15.2. The summed E-state index contributed by atoms with van der Waals surface area (Å²) >= 11 is 5.05. The molecule has 0 aliphatic rings. The number of anilines is 1. The average molecular weight is 306 g/mol. The molecule has 0 aliphatic heterocycles. The molecule has 2 aromatic rings. The molecule has 1 heterocycles. The van der Waals surface area contributed by atoms with Crippen molar-refractivity contribution in [3.05, 3.63) is 64.2 Å². The van der Waals surface area contributed by atoms with Gasteiger partial charge < -0.3 is 10.6 Å². The van der Waals surface area contributed by atoms with Crippen molar-refractivity contribution in [2.75, 3.05) is 5.32 Å². The van der Waals surface area contributed by atoms with E-state index in [1.54, 1.807) is 12.1 Å². The van der Waals surface area contributed by atoms with Crippen LogP contribution in [-0.2, 0) is 6.54 Å². The molecule has 0 saturated heterocycles. The molecule has 0 aliphatic carbocycles. The standard InChI is InChI=1S/C13H11FN4O2S/c14-9-3-1-4-10(7-9)17-13(21)16-8-11-12(18(19)20)5-2-6-15-11/h1-7H,8H2,(H2,16,17,21). The summed E-state index contributed by atoms with van der Waals surface area (Å²) in [5, 5.41) is 16.6. The van der Waals surface area contributed by atoms with Crippen molar-refractivity contribution < 1.29 is 9.31 Å². The predicted octanol–water partition coefficient (Wildman–Crippen LogP) is 2.62. The van der Waals surface area contributed by atoms with Crippen LogP contribution in [0.25, 0.3) is 0 Å². The van der Waals surface area contributed by atoms with Gasteiger partial charge in [-0.15, -0.1) is 0 Å². The number of aromatic nitrogens is 1. The summed E-state index contributed by atoms with van der Waals surface area (Å²) < 4.78 is 13.0. The molecule has 0 fully saturated rings. The highest BCUT2D eigenvalue weighted by Gasteiger charge is 2.13.